The second kappa shape index (κ2) is 7.04. The lowest BCUT2D eigenvalue weighted by atomic mass is 10.2. The molecule has 0 aliphatic heterocycles. The highest BCUT2D eigenvalue weighted by molar-refractivity contribution is 5.81. The average molecular weight is 290 g/mol. The van der Waals surface area contributed by atoms with Gasteiger partial charge in [0.1, 0.15) is 11.6 Å². The number of furan rings is 1. The van der Waals surface area contributed by atoms with Crippen molar-refractivity contribution in [2.75, 3.05) is 7.05 Å². The molecule has 2 aromatic rings. The number of benzene rings is 1. The van der Waals surface area contributed by atoms with Crippen molar-refractivity contribution in [3.8, 4) is 0 Å². The largest absolute Gasteiger partial charge is 0.468 e. The molecule has 0 radical (unpaired) electrons. The summed E-state index contributed by atoms with van der Waals surface area (Å²) in [5, 5.41) is 2.85. The molecule has 0 unspecified atom stereocenters. The molecule has 1 aromatic heterocycles. The van der Waals surface area contributed by atoms with E-state index in [2.05, 4.69) is 5.32 Å². The number of amides is 1. The van der Waals surface area contributed by atoms with Crippen molar-refractivity contribution in [1.29, 1.82) is 0 Å². The molecule has 1 aromatic carbocycles. The van der Waals surface area contributed by atoms with E-state index in [0.717, 1.165) is 11.3 Å². The van der Waals surface area contributed by atoms with Gasteiger partial charge < -0.3 is 9.73 Å². The Morgan fingerprint density at radius 2 is 2.05 bits per heavy atom. The van der Waals surface area contributed by atoms with Crippen LogP contribution in [0.3, 0.4) is 0 Å². The van der Waals surface area contributed by atoms with Crippen LogP contribution in [0.1, 0.15) is 18.2 Å². The Bertz CT molecular complexity index is 566. The van der Waals surface area contributed by atoms with Crippen LogP contribution in [0.25, 0.3) is 0 Å². The Morgan fingerprint density at radius 3 is 2.67 bits per heavy atom. The lowest BCUT2D eigenvalue weighted by Gasteiger charge is -2.22. The van der Waals surface area contributed by atoms with Crippen molar-refractivity contribution in [2.45, 2.75) is 26.1 Å². The number of nitrogens with zero attached hydrogens (tertiary/aromatic N) is 1. The van der Waals surface area contributed by atoms with E-state index >= 15 is 0 Å². The highest BCUT2D eigenvalue weighted by atomic mass is 19.1. The van der Waals surface area contributed by atoms with Crippen LogP contribution in [0.4, 0.5) is 4.39 Å². The first kappa shape index (κ1) is 15.3. The molecule has 21 heavy (non-hydrogen) atoms. The van der Waals surface area contributed by atoms with Gasteiger partial charge in [0.05, 0.1) is 18.8 Å². The third-order valence-electron chi connectivity index (χ3n) is 3.41. The van der Waals surface area contributed by atoms with Crippen LogP contribution in [0.15, 0.2) is 47.1 Å². The first-order valence-electron chi connectivity index (χ1n) is 6.81. The number of carbonyl (C=O) groups is 1. The fraction of sp³-hybridized carbons (Fsp3) is 0.312. The molecular weight excluding hydrogens is 271 g/mol. The van der Waals surface area contributed by atoms with E-state index in [-0.39, 0.29) is 17.8 Å². The number of hydrogen-bond donors (Lipinski definition) is 1. The highest BCUT2D eigenvalue weighted by Crippen LogP contribution is 2.07. The Balaban J connectivity index is 1.83. The van der Waals surface area contributed by atoms with Gasteiger partial charge in [-0.15, -0.1) is 0 Å². The molecule has 0 fully saturated rings. The zero-order valence-electron chi connectivity index (χ0n) is 12.2. The first-order valence-corrected chi connectivity index (χ1v) is 6.81. The second-order valence-electron chi connectivity index (χ2n) is 5.01. The zero-order chi connectivity index (χ0) is 15.2. The molecule has 1 heterocycles. The van der Waals surface area contributed by atoms with Gasteiger partial charge in [-0.25, -0.2) is 4.39 Å². The highest BCUT2D eigenvalue weighted by Gasteiger charge is 2.18. The summed E-state index contributed by atoms with van der Waals surface area (Å²) in [6.07, 6.45) is 1.61. The Labute approximate surface area is 123 Å². The summed E-state index contributed by atoms with van der Waals surface area (Å²) in [5.41, 5.74) is 0.866. The maximum absolute atomic E-state index is 12.8. The van der Waals surface area contributed by atoms with Crippen LogP contribution in [-0.2, 0) is 17.9 Å². The lowest BCUT2D eigenvalue weighted by Crippen LogP contribution is -2.42. The van der Waals surface area contributed by atoms with Crippen LogP contribution >= 0.6 is 0 Å². The van der Waals surface area contributed by atoms with Gasteiger partial charge in [0.2, 0.25) is 5.91 Å². The monoisotopic (exact) mass is 290 g/mol. The molecule has 2 rings (SSSR count). The minimum atomic E-state index is -0.282. The smallest absolute Gasteiger partial charge is 0.237 e. The summed E-state index contributed by atoms with van der Waals surface area (Å²) >= 11 is 0. The SMILES string of the molecule is C[C@@H](C(=O)NCc1ccc(F)cc1)N(C)Cc1ccco1. The molecule has 0 spiro atoms. The van der Waals surface area contributed by atoms with Crippen LogP contribution in [-0.4, -0.2) is 23.9 Å². The minimum absolute atomic E-state index is 0.0756. The molecule has 1 atom stereocenters. The standard InChI is InChI=1S/C16H19FN2O2/c1-12(19(2)11-15-4-3-9-21-15)16(20)18-10-13-5-7-14(17)8-6-13/h3-9,12H,10-11H2,1-2H3,(H,18,20)/t12-/m0/s1. The van der Waals surface area contributed by atoms with Gasteiger partial charge in [0.15, 0.2) is 0 Å². The topological polar surface area (TPSA) is 45.5 Å². The summed E-state index contributed by atoms with van der Waals surface area (Å²) in [4.78, 5) is 14.0. The van der Waals surface area contributed by atoms with Gasteiger partial charge in [-0.1, -0.05) is 12.1 Å². The van der Waals surface area contributed by atoms with E-state index in [0.29, 0.717) is 13.1 Å². The Hall–Kier alpha value is -2.14. The van der Waals surface area contributed by atoms with E-state index in [1.807, 2.05) is 31.0 Å². The van der Waals surface area contributed by atoms with Crippen molar-refractivity contribution < 1.29 is 13.6 Å². The average Bonchev–Trinajstić information content (AvgIpc) is 2.98. The van der Waals surface area contributed by atoms with Gasteiger partial charge in [-0.2, -0.15) is 0 Å². The predicted molar refractivity (Wildman–Crippen MR) is 77.9 cm³/mol. The van der Waals surface area contributed by atoms with Gasteiger partial charge in [0.25, 0.3) is 0 Å². The van der Waals surface area contributed by atoms with Crippen LogP contribution in [0.5, 0.6) is 0 Å². The molecule has 1 N–H and O–H groups in total. The maximum atomic E-state index is 12.8. The van der Waals surface area contributed by atoms with E-state index in [9.17, 15) is 9.18 Å². The van der Waals surface area contributed by atoms with Gasteiger partial charge >= 0.3 is 0 Å². The summed E-state index contributed by atoms with van der Waals surface area (Å²) in [5.74, 6) is 0.459. The van der Waals surface area contributed by atoms with Crippen LogP contribution in [0.2, 0.25) is 0 Å². The molecule has 112 valence electrons. The van der Waals surface area contributed by atoms with E-state index < -0.39 is 0 Å². The molecule has 4 nitrogen and oxygen atoms in total. The molecule has 0 saturated carbocycles. The minimum Gasteiger partial charge on any atom is -0.468 e. The van der Waals surface area contributed by atoms with Gasteiger partial charge in [-0.3, -0.25) is 9.69 Å². The number of likely N-dealkylation sites (N-methyl/N-ethyl adjacent to an activating group) is 1. The normalized spacial score (nSPS) is 12.4. The van der Waals surface area contributed by atoms with Crippen molar-refractivity contribution >= 4 is 5.91 Å². The van der Waals surface area contributed by atoms with E-state index in [1.165, 1.54) is 12.1 Å². The third-order valence-corrected chi connectivity index (χ3v) is 3.41. The summed E-state index contributed by atoms with van der Waals surface area (Å²) in [6.45, 7) is 2.79. The summed E-state index contributed by atoms with van der Waals surface area (Å²) in [7, 11) is 1.87. The summed E-state index contributed by atoms with van der Waals surface area (Å²) in [6, 6.07) is 9.50. The van der Waals surface area contributed by atoms with Crippen LogP contribution < -0.4 is 5.32 Å². The lowest BCUT2D eigenvalue weighted by molar-refractivity contribution is -0.125. The van der Waals surface area contributed by atoms with Crippen molar-refractivity contribution in [3.05, 3.63) is 59.8 Å². The number of halogens is 1. The number of nitrogens with one attached hydrogen (secondary N) is 1. The maximum Gasteiger partial charge on any atom is 0.237 e. The quantitative estimate of drug-likeness (QED) is 0.889. The van der Waals surface area contributed by atoms with Crippen molar-refractivity contribution in [3.63, 3.8) is 0 Å². The fourth-order valence-corrected chi connectivity index (χ4v) is 1.92. The predicted octanol–water partition coefficient (Wildman–Crippen LogP) is 2.56. The molecule has 0 bridgehead atoms. The van der Waals surface area contributed by atoms with Gasteiger partial charge in [0, 0.05) is 6.54 Å². The van der Waals surface area contributed by atoms with Crippen molar-refractivity contribution in [2.24, 2.45) is 0 Å². The first-order chi connectivity index (χ1) is 10.1. The molecule has 0 aliphatic rings. The summed E-state index contributed by atoms with van der Waals surface area (Å²) < 4.78 is 18.1. The molecular formula is C16H19FN2O2. The number of rotatable bonds is 6. The van der Waals surface area contributed by atoms with E-state index in [4.69, 9.17) is 4.42 Å². The van der Waals surface area contributed by atoms with E-state index in [1.54, 1.807) is 18.4 Å². The third kappa shape index (κ3) is 4.43. The van der Waals surface area contributed by atoms with Gasteiger partial charge in [-0.05, 0) is 43.8 Å². The molecule has 1 amide bonds. The Kier molecular flexibility index (Phi) is 5.11. The Morgan fingerprint density at radius 1 is 1.33 bits per heavy atom. The zero-order valence-corrected chi connectivity index (χ0v) is 12.2. The fourth-order valence-electron chi connectivity index (χ4n) is 1.92. The molecule has 0 saturated heterocycles. The molecule has 0 aliphatic carbocycles. The molecule has 5 heteroatoms. The van der Waals surface area contributed by atoms with Crippen molar-refractivity contribution in [1.82, 2.24) is 10.2 Å². The number of carbonyl (C=O) groups excluding carboxylic acids is 1. The van der Waals surface area contributed by atoms with Crippen LogP contribution in [0, 0.1) is 5.82 Å². The second-order valence-corrected chi connectivity index (χ2v) is 5.01. The number of hydrogen-bond acceptors (Lipinski definition) is 3.